The highest BCUT2D eigenvalue weighted by atomic mass is 35.5. The molecule has 0 aromatic heterocycles. The summed E-state index contributed by atoms with van der Waals surface area (Å²) in [7, 11) is 0. The molecule has 1 saturated heterocycles. The van der Waals surface area contributed by atoms with Crippen LogP contribution in [-0.4, -0.2) is 35.8 Å². The van der Waals surface area contributed by atoms with Crippen LogP contribution in [-0.2, 0) is 17.4 Å². The number of hydrogen-bond acceptors (Lipinski definition) is 2. The first-order valence-electron chi connectivity index (χ1n) is 9.23. The first-order valence-corrected chi connectivity index (χ1v) is 9.61. The minimum Gasteiger partial charge on any atom is -0.349 e. The fraction of sp³-hybridized carbons (Fsp3) is 0.333. The van der Waals surface area contributed by atoms with Crippen molar-refractivity contribution in [2.45, 2.75) is 31.5 Å². The summed E-state index contributed by atoms with van der Waals surface area (Å²) >= 11 is 5.84. The van der Waals surface area contributed by atoms with Crippen molar-refractivity contribution >= 4 is 23.4 Å². The number of halogens is 4. The van der Waals surface area contributed by atoms with Crippen molar-refractivity contribution in [3.8, 4) is 0 Å². The van der Waals surface area contributed by atoms with Gasteiger partial charge in [-0.15, -0.1) is 0 Å². The number of rotatable bonds is 4. The highest BCUT2D eigenvalue weighted by molar-refractivity contribution is 6.30. The second-order valence-corrected chi connectivity index (χ2v) is 7.41. The normalized spacial score (nSPS) is 15.2. The lowest BCUT2D eigenvalue weighted by Crippen LogP contribution is -2.47. The van der Waals surface area contributed by atoms with E-state index < -0.39 is 17.6 Å². The van der Waals surface area contributed by atoms with E-state index in [-0.39, 0.29) is 23.9 Å². The molecular formula is C21H20ClF3N2O2. The van der Waals surface area contributed by atoms with Gasteiger partial charge in [0.2, 0.25) is 5.91 Å². The summed E-state index contributed by atoms with van der Waals surface area (Å²) < 4.78 is 39.3. The number of likely N-dealkylation sites (tertiary alicyclic amines) is 1. The molecule has 0 aliphatic carbocycles. The Bertz CT molecular complexity index is 876. The van der Waals surface area contributed by atoms with Crippen LogP contribution in [0.15, 0.2) is 48.5 Å². The van der Waals surface area contributed by atoms with Crippen molar-refractivity contribution in [2.75, 3.05) is 13.1 Å². The van der Waals surface area contributed by atoms with Crippen LogP contribution in [0.3, 0.4) is 0 Å². The van der Waals surface area contributed by atoms with Gasteiger partial charge < -0.3 is 10.2 Å². The molecule has 4 nitrogen and oxygen atoms in total. The zero-order valence-corrected chi connectivity index (χ0v) is 16.3. The van der Waals surface area contributed by atoms with E-state index in [2.05, 4.69) is 5.32 Å². The van der Waals surface area contributed by atoms with Crippen LogP contribution in [0.2, 0.25) is 5.02 Å². The van der Waals surface area contributed by atoms with Crippen LogP contribution in [0.25, 0.3) is 0 Å². The molecule has 2 amide bonds. The van der Waals surface area contributed by atoms with Gasteiger partial charge in [-0.25, -0.2) is 0 Å². The molecule has 1 fully saturated rings. The van der Waals surface area contributed by atoms with E-state index in [0.29, 0.717) is 31.0 Å². The molecule has 0 spiro atoms. The third kappa shape index (κ3) is 5.50. The summed E-state index contributed by atoms with van der Waals surface area (Å²) in [6, 6.07) is 11.5. The van der Waals surface area contributed by atoms with E-state index in [9.17, 15) is 22.8 Å². The van der Waals surface area contributed by atoms with Crippen LogP contribution in [0.1, 0.15) is 34.3 Å². The number of carbonyl (C=O) groups is 2. The Morgan fingerprint density at radius 2 is 1.66 bits per heavy atom. The maximum Gasteiger partial charge on any atom is 0.417 e. The summed E-state index contributed by atoms with van der Waals surface area (Å²) in [6.45, 7) is 0.885. The van der Waals surface area contributed by atoms with Gasteiger partial charge in [0.15, 0.2) is 0 Å². The minimum absolute atomic E-state index is 0.0282. The number of nitrogens with one attached hydrogen (secondary N) is 1. The summed E-state index contributed by atoms with van der Waals surface area (Å²) in [5, 5.41) is 3.27. The number of carbonyl (C=O) groups excluding carboxylic acids is 2. The quantitative estimate of drug-likeness (QED) is 0.794. The zero-order chi connectivity index (χ0) is 21.0. The van der Waals surface area contributed by atoms with E-state index in [1.54, 1.807) is 29.2 Å². The lowest BCUT2D eigenvalue weighted by Gasteiger charge is -2.32. The molecule has 1 aliphatic heterocycles. The van der Waals surface area contributed by atoms with E-state index in [0.717, 1.165) is 11.6 Å². The Labute approximate surface area is 171 Å². The molecule has 0 radical (unpaired) electrons. The van der Waals surface area contributed by atoms with Crippen LogP contribution in [0.5, 0.6) is 0 Å². The standard InChI is InChI=1S/C21H20ClF3N2O2/c22-15-7-5-14(6-8-15)13-19(28)27-11-9-16(10-12-27)26-20(29)17-3-1-2-4-18(17)21(23,24)25/h1-8,16H,9-13H2,(H,26,29). The number of amides is 2. The Balaban J connectivity index is 1.54. The average molecular weight is 425 g/mol. The first kappa shape index (κ1) is 21.2. The van der Waals surface area contributed by atoms with Crippen molar-refractivity contribution in [1.29, 1.82) is 0 Å². The maximum absolute atomic E-state index is 13.1. The Morgan fingerprint density at radius 3 is 2.28 bits per heavy atom. The lowest BCUT2D eigenvalue weighted by atomic mass is 10.0. The highest BCUT2D eigenvalue weighted by Crippen LogP contribution is 2.32. The van der Waals surface area contributed by atoms with Gasteiger partial charge in [-0.1, -0.05) is 35.9 Å². The molecule has 1 heterocycles. The van der Waals surface area contributed by atoms with E-state index in [4.69, 9.17) is 11.6 Å². The first-order chi connectivity index (χ1) is 13.7. The van der Waals surface area contributed by atoms with Crippen molar-refractivity contribution in [3.05, 3.63) is 70.2 Å². The van der Waals surface area contributed by atoms with E-state index in [1.807, 2.05) is 0 Å². The molecule has 2 aromatic rings. The van der Waals surface area contributed by atoms with Gasteiger partial charge in [0.05, 0.1) is 17.5 Å². The summed E-state index contributed by atoms with van der Waals surface area (Å²) in [5.74, 6) is -0.775. The number of piperidine rings is 1. The highest BCUT2D eigenvalue weighted by Gasteiger charge is 2.35. The van der Waals surface area contributed by atoms with Crippen LogP contribution >= 0.6 is 11.6 Å². The predicted molar refractivity (Wildman–Crippen MR) is 104 cm³/mol. The molecule has 0 saturated carbocycles. The monoisotopic (exact) mass is 424 g/mol. The second-order valence-electron chi connectivity index (χ2n) is 6.98. The lowest BCUT2D eigenvalue weighted by molar-refractivity contribution is -0.138. The third-order valence-corrected chi connectivity index (χ3v) is 5.18. The van der Waals surface area contributed by atoms with Gasteiger partial charge in [-0.2, -0.15) is 13.2 Å². The van der Waals surface area contributed by atoms with E-state index in [1.165, 1.54) is 18.2 Å². The van der Waals surface area contributed by atoms with Gasteiger partial charge >= 0.3 is 6.18 Å². The molecule has 8 heteroatoms. The van der Waals surface area contributed by atoms with Crippen LogP contribution in [0.4, 0.5) is 13.2 Å². The molecule has 0 bridgehead atoms. The smallest absolute Gasteiger partial charge is 0.349 e. The largest absolute Gasteiger partial charge is 0.417 e. The van der Waals surface area contributed by atoms with Gasteiger partial charge in [0.25, 0.3) is 5.91 Å². The molecule has 154 valence electrons. The van der Waals surface area contributed by atoms with Crippen LogP contribution < -0.4 is 5.32 Å². The third-order valence-electron chi connectivity index (χ3n) is 4.93. The number of alkyl halides is 3. The minimum atomic E-state index is -4.59. The SMILES string of the molecule is O=C(NC1CCN(C(=O)Cc2ccc(Cl)cc2)CC1)c1ccccc1C(F)(F)F. The molecular weight excluding hydrogens is 405 g/mol. The molecule has 29 heavy (non-hydrogen) atoms. The number of hydrogen-bond donors (Lipinski definition) is 1. The topological polar surface area (TPSA) is 49.4 Å². The maximum atomic E-state index is 13.1. The summed E-state index contributed by atoms with van der Waals surface area (Å²) in [5.41, 5.74) is -0.479. The fourth-order valence-corrected chi connectivity index (χ4v) is 3.48. The second kappa shape index (κ2) is 8.86. The molecule has 2 aromatic carbocycles. The van der Waals surface area contributed by atoms with E-state index >= 15 is 0 Å². The van der Waals surface area contributed by atoms with Gasteiger partial charge in [0, 0.05) is 24.2 Å². The fourth-order valence-electron chi connectivity index (χ4n) is 3.35. The summed E-state index contributed by atoms with van der Waals surface area (Å²) in [6.07, 6.45) is -3.35. The van der Waals surface area contributed by atoms with Crippen LogP contribution in [0, 0.1) is 0 Å². The number of nitrogens with zero attached hydrogens (tertiary/aromatic N) is 1. The Kier molecular flexibility index (Phi) is 6.47. The Morgan fingerprint density at radius 1 is 1.03 bits per heavy atom. The van der Waals surface area contributed by atoms with Gasteiger partial charge in [-0.05, 0) is 42.7 Å². The Hall–Kier alpha value is -2.54. The zero-order valence-electron chi connectivity index (χ0n) is 15.5. The van der Waals surface area contributed by atoms with Crippen molar-refractivity contribution in [3.63, 3.8) is 0 Å². The van der Waals surface area contributed by atoms with Gasteiger partial charge in [0.1, 0.15) is 0 Å². The van der Waals surface area contributed by atoms with Crippen molar-refractivity contribution < 1.29 is 22.8 Å². The summed E-state index contributed by atoms with van der Waals surface area (Å²) in [4.78, 5) is 26.5. The molecule has 3 rings (SSSR count). The van der Waals surface area contributed by atoms with Crippen molar-refractivity contribution in [1.82, 2.24) is 10.2 Å². The van der Waals surface area contributed by atoms with Crippen molar-refractivity contribution in [2.24, 2.45) is 0 Å². The molecule has 1 aliphatic rings. The molecule has 0 unspecified atom stereocenters. The van der Waals surface area contributed by atoms with Gasteiger partial charge in [-0.3, -0.25) is 9.59 Å². The average Bonchev–Trinajstić information content (AvgIpc) is 2.69. The molecule has 1 N–H and O–H groups in total. The number of benzene rings is 2. The molecule has 0 atom stereocenters. The predicted octanol–water partition coefficient (Wildman–Crippen LogP) is 4.32.